The lowest BCUT2D eigenvalue weighted by molar-refractivity contribution is -0.133. The summed E-state index contributed by atoms with van der Waals surface area (Å²) in [6.45, 7) is 2.63. The summed E-state index contributed by atoms with van der Waals surface area (Å²) in [5.74, 6) is -0.275. The molecule has 33 heavy (non-hydrogen) atoms. The van der Waals surface area contributed by atoms with Gasteiger partial charge in [0.2, 0.25) is 5.91 Å². The highest BCUT2D eigenvalue weighted by atomic mass is 32.1. The van der Waals surface area contributed by atoms with Crippen LogP contribution in [0.5, 0.6) is 5.75 Å². The molecule has 11 heteroatoms. The van der Waals surface area contributed by atoms with Gasteiger partial charge in [-0.1, -0.05) is 0 Å². The minimum absolute atomic E-state index is 0.0849. The van der Waals surface area contributed by atoms with Crippen LogP contribution in [0.15, 0.2) is 24.5 Å². The highest BCUT2D eigenvalue weighted by molar-refractivity contribution is 7.20. The number of amides is 2. The first-order valence-corrected chi connectivity index (χ1v) is 11.3. The summed E-state index contributed by atoms with van der Waals surface area (Å²) in [4.78, 5) is 35.0. The standard InChI is InChI=1S/C22H24FN5O4S/c1-12-18-21(25-11-26-22(18)33-19(12)20(24)31)27-15-3-2-13(23)10-16(15)32-14-4-7-28(8-5-14)17(30)6-9-29/h2-3,10-11,14,29H,4-9H2,1H3,(H2,24,31)(H,25,26,27). The Morgan fingerprint density at radius 2 is 2.09 bits per heavy atom. The van der Waals surface area contributed by atoms with Crippen molar-refractivity contribution in [2.75, 3.05) is 25.0 Å². The Kier molecular flexibility index (Phi) is 6.70. The summed E-state index contributed by atoms with van der Waals surface area (Å²) in [5.41, 5.74) is 6.67. The quantitative estimate of drug-likeness (QED) is 0.481. The van der Waals surface area contributed by atoms with Gasteiger partial charge in [-0.2, -0.15) is 0 Å². The zero-order chi connectivity index (χ0) is 23.5. The number of benzene rings is 1. The monoisotopic (exact) mass is 473 g/mol. The van der Waals surface area contributed by atoms with Crippen molar-refractivity contribution >= 4 is 44.9 Å². The molecule has 0 radical (unpaired) electrons. The molecule has 1 fully saturated rings. The maximum atomic E-state index is 14.0. The molecule has 4 rings (SSSR count). The van der Waals surface area contributed by atoms with E-state index in [-0.39, 0.29) is 25.0 Å². The van der Waals surface area contributed by atoms with Gasteiger partial charge < -0.3 is 25.8 Å². The molecule has 2 amide bonds. The molecule has 1 aromatic carbocycles. The summed E-state index contributed by atoms with van der Waals surface area (Å²) in [6.07, 6.45) is 2.48. The summed E-state index contributed by atoms with van der Waals surface area (Å²) >= 11 is 1.19. The van der Waals surface area contributed by atoms with Gasteiger partial charge in [0.15, 0.2) is 0 Å². The van der Waals surface area contributed by atoms with Gasteiger partial charge >= 0.3 is 0 Å². The number of aliphatic hydroxyl groups is 1. The average molecular weight is 474 g/mol. The number of piperidine rings is 1. The number of hydrogen-bond acceptors (Lipinski definition) is 8. The van der Waals surface area contributed by atoms with E-state index >= 15 is 0 Å². The average Bonchev–Trinajstić information content (AvgIpc) is 3.14. The van der Waals surface area contributed by atoms with Crippen molar-refractivity contribution in [3.8, 4) is 5.75 Å². The van der Waals surface area contributed by atoms with Crippen LogP contribution in [-0.2, 0) is 4.79 Å². The van der Waals surface area contributed by atoms with E-state index in [0.717, 1.165) is 0 Å². The summed E-state index contributed by atoms with van der Waals surface area (Å²) in [7, 11) is 0. The normalized spacial score (nSPS) is 14.5. The smallest absolute Gasteiger partial charge is 0.259 e. The lowest BCUT2D eigenvalue weighted by Gasteiger charge is -2.32. The molecule has 0 spiro atoms. The van der Waals surface area contributed by atoms with Crippen molar-refractivity contribution in [3.05, 3.63) is 40.8 Å². The zero-order valence-corrected chi connectivity index (χ0v) is 18.8. The summed E-state index contributed by atoms with van der Waals surface area (Å²) in [5, 5.41) is 12.8. The number of aliphatic hydroxyl groups excluding tert-OH is 1. The maximum absolute atomic E-state index is 14.0. The van der Waals surface area contributed by atoms with Gasteiger partial charge in [0.05, 0.1) is 22.6 Å². The van der Waals surface area contributed by atoms with Crippen LogP contribution >= 0.6 is 11.3 Å². The Hall–Kier alpha value is -3.31. The predicted octanol–water partition coefficient (Wildman–Crippen LogP) is 2.73. The second kappa shape index (κ2) is 9.67. The van der Waals surface area contributed by atoms with Gasteiger partial charge in [-0.05, 0) is 24.6 Å². The van der Waals surface area contributed by atoms with E-state index in [1.165, 1.54) is 29.8 Å². The number of aryl methyl sites for hydroxylation is 1. The number of nitrogens with zero attached hydrogens (tertiary/aromatic N) is 3. The van der Waals surface area contributed by atoms with Crippen LogP contribution < -0.4 is 15.8 Å². The summed E-state index contributed by atoms with van der Waals surface area (Å²) in [6, 6.07) is 4.19. The Labute approximate surface area is 193 Å². The number of carbonyl (C=O) groups excluding carboxylic acids is 2. The number of rotatable bonds is 7. The van der Waals surface area contributed by atoms with E-state index in [0.29, 0.717) is 63.8 Å². The first kappa shape index (κ1) is 22.9. The second-order valence-corrected chi connectivity index (χ2v) is 8.76. The van der Waals surface area contributed by atoms with E-state index < -0.39 is 11.7 Å². The molecule has 1 saturated heterocycles. The van der Waals surface area contributed by atoms with Gasteiger partial charge in [0, 0.05) is 38.4 Å². The number of nitrogens with two attached hydrogens (primary N) is 1. The predicted molar refractivity (Wildman–Crippen MR) is 122 cm³/mol. The lowest BCUT2D eigenvalue weighted by Crippen LogP contribution is -2.42. The molecular weight excluding hydrogens is 449 g/mol. The fourth-order valence-electron chi connectivity index (χ4n) is 3.88. The molecule has 0 bridgehead atoms. The largest absolute Gasteiger partial charge is 0.488 e. The van der Waals surface area contributed by atoms with Crippen LogP contribution in [0.1, 0.15) is 34.5 Å². The maximum Gasteiger partial charge on any atom is 0.259 e. The molecular formula is C22H24FN5O4S. The van der Waals surface area contributed by atoms with Crippen molar-refractivity contribution in [3.63, 3.8) is 0 Å². The van der Waals surface area contributed by atoms with Gasteiger partial charge in [-0.3, -0.25) is 9.59 Å². The number of thiophene rings is 1. The number of fused-ring (bicyclic) bond motifs is 1. The number of nitrogens with one attached hydrogen (secondary N) is 1. The number of carbonyl (C=O) groups is 2. The molecule has 9 nitrogen and oxygen atoms in total. The zero-order valence-electron chi connectivity index (χ0n) is 18.0. The number of ether oxygens (including phenoxy) is 1. The highest BCUT2D eigenvalue weighted by Gasteiger charge is 2.25. The molecule has 0 atom stereocenters. The van der Waals surface area contributed by atoms with Gasteiger partial charge in [0.1, 0.15) is 34.6 Å². The highest BCUT2D eigenvalue weighted by Crippen LogP contribution is 2.37. The van der Waals surface area contributed by atoms with E-state index in [1.807, 2.05) is 0 Å². The van der Waals surface area contributed by atoms with Gasteiger partial charge in [-0.25, -0.2) is 14.4 Å². The van der Waals surface area contributed by atoms with Gasteiger partial charge in [-0.15, -0.1) is 11.3 Å². The minimum Gasteiger partial charge on any atom is -0.488 e. The van der Waals surface area contributed by atoms with Crippen molar-refractivity contribution < 1.29 is 23.8 Å². The Bertz CT molecular complexity index is 1190. The molecule has 2 aromatic heterocycles. The van der Waals surface area contributed by atoms with Crippen LogP contribution in [-0.4, -0.2) is 57.6 Å². The molecule has 1 aliphatic rings. The molecule has 3 heterocycles. The molecule has 4 N–H and O–H groups in total. The molecule has 0 aliphatic carbocycles. The van der Waals surface area contributed by atoms with Crippen molar-refractivity contribution in [2.45, 2.75) is 32.3 Å². The van der Waals surface area contributed by atoms with E-state index in [1.54, 1.807) is 17.9 Å². The summed E-state index contributed by atoms with van der Waals surface area (Å²) < 4.78 is 20.2. The number of aromatic nitrogens is 2. The third-order valence-corrected chi connectivity index (χ3v) is 6.78. The van der Waals surface area contributed by atoms with E-state index in [9.17, 15) is 14.0 Å². The number of hydrogen-bond donors (Lipinski definition) is 3. The third-order valence-electron chi connectivity index (χ3n) is 5.56. The van der Waals surface area contributed by atoms with Crippen molar-refractivity contribution in [2.24, 2.45) is 5.73 Å². The van der Waals surface area contributed by atoms with Crippen LogP contribution in [0.3, 0.4) is 0 Å². The fraction of sp³-hybridized carbons (Fsp3) is 0.364. The first-order chi connectivity index (χ1) is 15.9. The minimum atomic E-state index is -0.531. The van der Waals surface area contributed by atoms with Crippen LogP contribution in [0, 0.1) is 12.7 Å². The Morgan fingerprint density at radius 3 is 2.79 bits per heavy atom. The SMILES string of the molecule is Cc1c(C(N)=O)sc2ncnc(Nc3ccc(F)cc3OC3CCN(C(=O)CCO)CC3)c12. The fourth-order valence-corrected chi connectivity index (χ4v) is 4.88. The van der Waals surface area contributed by atoms with E-state index in [2.05, 4.69) is 15.3 Å². The topological polar surface area (TPSA) is 131 Å². The molecule has 0 saturated carbocycles. The third kappa shape index (κ3) is 4.88. The molecule has 0 unspecified atom stereocenters. The number of likely N-dealkylation sites (tertiary alicyclic amines) is 1. The molecule has 1 aliphatic heterocycles. The van der Waals surface area contributed by atoms with E-state index in [4.69, 9.17) is 15.6 Å². The first-order valence-electron chi connectivity index (χ1n) is 10.5. The van der Waals surface area contributed by atoms with Gasteiger partial charge in [0.25, 0.3) is 5.91 Å². The number of primary amides is 1. The molecule has 3 aromatic rings. The Balaban J connectivity index is 1.55. The molecule has 174 valence electrons. The number of anilines is 2. The van der Waals surface area contributed by atoms with Crippen LogP contribution in [0.4, 0.5) is 15.9 Å². The number of halogens is 1. The lowest BCUT2D eigenvalue weighted by atomic mass is 10.1. The Morgan fingerprint density at radius 1 is 1.33 bits per heavy atom. The van der Waals surface area contributed by atoms with Crippen molar-refractivity contribution in [1.29, 1.82) is 0 Å². The van der Waals surface area contributed by atoms with Crippen LogP contribution in [0.2, 0.25) is 0 Å². The van der Waals surface area contributed by atoms with Crippen molar-refractivity contribution in [1.82, 2.24) is 14.9 Å². The van der Waals surface area contributed by atoms with Crippen LogP contribution in [0.25, 0.3) is 10.2 Å². The second-order valence-electron chi connectivity index (χ2n) is 7.76.